The lowest BCUT2D eigenvalue weighted by Crippen LogP contribution is -2.37. The van der Waals surface area contributed by atoms with Crippen molar-refractivity contribution in [3.63, 3.8) is 0 Å². The molecule has 0 radical (unpaired) electrons. The largest absolute Gasteiger partial charge is 0.397 e. The molecule has 26 heavy (non-hydrogen) atoms. The Balaban J connectivity index is 1.42. The molecule has 0 amide bonds. The Morgan fingerprint density at radius 2 is 1.81 bits per heavy atom. The molecule has 144 valence electrons. The number of hydrogen-bond acceptors (Lipinski definition) is 3. The van der Waals surface area contributed by atoms with E-state index in [1.807, 2.05) is 0 Å². The van der Waals surface area contributed by atoms with Crippen molar-refractivity contribution >= 4 is 23.1 Å². The monoisotopic (exact) mass is 380 g/mol. The van der Waals surface area contributed by atoms with Crippen LogP contribution in [0.3, 0.4) is 0 Å². The van der Waals surface area contributed by atoms with Gasteiger partial charge in [-0.2, -0.15) is 0 Å². The minimum absolute atomic E-state index is 0.0685. The Labute approximate surface area is 161 Å². The summed E-state index contributed by atoms with van der Waals surface area (Å²) in [5.74, 6) is 0.710. The average Bonchev–Trinajstić information content (AvgIpc) is 2.65. The Morgan fingerprint density at radius 3 is 2.50 bits per heavy atom. The molecule has 0 bridgehead atoms. The quantitative estimate of drug-likeness (QED) is 0.536. The molecule has 2 aliphatic rings. The zero-order valence-electron chi connectivity index (χ0n) is 15.5. The van der Waals surface area contributed by atoms with Gasteiger partial charge in [0.25, 0.3) is 0 Å². The summed E-state index contributed by atoms with van der Waals surface area (Å²) in [6.07, 6.45) is 10.5. The van der Waals surface area contributed by atoms with Gasteiger partial charge in [-0.25, -0.2) is 4.39 Å². The number of likely N-dealkylation sites (tertiary alicyclic amines) is 1. The molecule has 1 saturated carbocycles. The predicted octanol–water partition coefficient (Wildman–Crippen LogP) is 5.32. The highest BCUT2D eigenvalue weighted by Gasteiger charge is 2.24. The molecule has 0 unspecified atom stereocenters. The summed E-state index contributed by atoms with van der Waals surface area (Å²) in [5, 5.41) is 0.241. The summed E-state index contributed by atoms with van der Waals surface area (Å²) in [5.41, 5.74) is 5.81. The SMILES string of the molecule is Nc1cc(F)c(C(=O)CCC2CCN(CC3CCCCC3)CC2)cc1Cl. The number of nitrogens with zero attached hydrogens (tertiary/aromatic N) is 1. The molecule has 1 aromatic carbocycles. The van der Waals surface area contributed by atoms with Gasteiger partial charge in [-0.05, 0) is 69.2 Å². The highest BCUT2D eigenvalue weighted by molar-refractivity contribution is 6.33. The normalized spacial score (nSPS) is 20.4. The number of carbonyl (C=O) groups is 1. The first-order valence-corrected chi connectivity index (χ1v) is 10.4. The molecule has 2 N–H and O–H groups in total. The van der Waals surface area contributed by atoms with E-state index in [0.717, 1.165) is 44.3 Å². The minimum Gasteiger partial charge on any atom is -0.397 e. The fourth-order valence-electron chi connectivity index (χ4n) is 4.44. The van der Waals surface area contributed by atoms with E-state index in [2.05, 4.69) is 4.90 Å². The topological polar surface area (TPSA) is 46.3 Å². The van der Waals surface area contributed by atoms with Crippen LogP contribution in [0.2, 0.25) is 5.02 Å². The van der Waals surface area contributed by atoms with E-state index in [4.69, 9.17) is 17.3 Å². The number of ketones is 1. The molecule has 1 heterocycles. The van der Waals surface area contributed by atoms with Crippen molar-refractivity contribution in [2.24, 2.45) is 11.8 Å². The molecule has 1 aliphatic heterocycles. The number of hydrogen-bond donors (Lipinski definition) is 1. The smallest absolute Gasteiger partial charge is 0.165 e. The van der Waals surface area contributed by atoms with Crippen LogP contribution in [0.1, 0.15) is 68.1 Å². The first kappa shape index (κ1) is 19.6. The maximum absolute atomic E-state index is 14.0. The van der Waals surface area contributed by atoms with Crippen molar-refractivity contribution in [1.29, 1.82) is 0 Å². The van der Waals surface area contributed by atoms with Crippen LogP contribution < -0.4 is 5.73 Å². The van der Waals surface area contributed by atoms with Gasteiger partial charge < -0.3 is 10.6 Å². The molecule has 1 saturated heterocycles. The lowest BCUT2D eigenvalue weighted by atomic mass is 9.87. The van der Waals surface area contributed by atoms with Crippen LogP contribution in [0.25, 0.3) is 0 Å². The standard InChI is InChI=1S/C21H30ClFN2O/c22-18-12-17(19(23)13-20(18)24)21(26)7-6-15-8-10-25(11-9-15)14-16-4-2-1-3-5-16/h12-13,15-16H,1-11,14,24H2. The number of rotatable bonds is 6. The fourth-order valence-corrected chi connectivity index (χ4v) is 4.60. The van der Waals surface area contributed by atoms with Crippen LogP contribution in [0, 0.1) is 17.7 Å². The number of carbonyl (C=O) groups excluding carboxylic acids is 1. The minimum atomic E-state index is -0.570. The molecule has 2 fully saturated rings. The van der Waals surface area contributed by atoms with Crippen molar-refractivity contribution < 1.29 is 9.18 Å². The van der Waals surface area contributed by atoms with Crippen LogP contribution >= 0.6 is 11.6 Å². The summed E-state index contributed by atoms with van der Waals surface area (Å²) in [4.78, 5) is 15.0. The van der Waals surface area contributed by atoms with E-state index in [1.54, 1.807) is 0 Å². The third-order valence-electron chi connectivity index (χ3n) is 6.11. The average molecular weight is 381 g/mol. The molecule has 1 aliphatic carbocycles. The number of piperidine rings is 1. The molecule has 0 atom stereocenters. The van der Waals surface area contributed by atoms with Crippen molar-refractivity contribution in [3.8, 4) is 0 Å². The molecular weight excluding hydrogens is 351 g/mol. The van der Waals surface area contributed by atoms with Crippen molar-refractivity contribution in [2.75, 3.05) is 25.4 Å². The van der Waals surface area contributed by atoms with Gasteiger partial charge in [-0.1, -0.05) is 30.9 Å². The van der Waals surface area contributed by atoms with Gasteiger partial charge in [0, 0.05) is 13.0 Å². The van der Waals surface area contributed by atoms with Gasteiger partial charge in [0.1, 0.15) is 5.82 Å². The molecule has 3 rings (SSSR count). The van der Waals surface area contributed by atoms with Gasteiger partial charge in [0.2, 0.25) is 0 Å². The maximum Gasteiger partial charge on any atom is 0.165 e. The van der Waals surface area contributed by atoms with E-state index in [9.17, 15) is 9.18 Å². The fraction of sp³-hybridized carbons (Fsp3) is 0.667. The second-order valence-corrected chi connectivity index (χ2v) is 8.47. The molecular formula is C21H30ClFN2O. The van der Waals surface area contributed by atoms with E-state index in [1.165, 1.54) is 44.7 Å². The summed E-state index contributed by atoms with van der Waals surface area (Å²) in [6, 6.07) is 2.50. The highest BCUT2D eigenvalue weighted by Crippen LogP contribution is 2.29. The number of halogens is 2. The summed E-state index contributed by atoms with van der Waals surface area (Å²) in [7, 11) is 0. The molecule has 1 aromatic rings. The number of Topliss-reactive ketones (excluding diaryl/α,β-unsaturated/α-hetero) is 1. The highest BCUT2D eigenvalue weighted by atomic mass is 35.5. The predicted molar refractivity (Wildman–Crippen MR) is 105 cm³/mol. The third-order valence-corrected chi connectivity index (χ3v) is 6.44. The van der Waals surface area contributed by atoms with Crippen LogP contribution in [0.4, 0.5) is 10.1 Å². The zero-order valence-corrected chi connectivity index (χ0v) is 16.2. The number of nitrogen functional groups attached to an aromatic ring is 1. The van der Waals surface area contributed by atoms with Crippen molar-refractivity contribution in [2.45, 2.75) is 57.8 Å². The van der Waals surface area contributed by atoms with Gasteiger partial charge in [-0.15, -0.1) is 0 Å². The molecule has 3 nitrogen and oxygen atoms in total. The Hall–Kier alpha value is -1.13. The van der Waals surface area contributed by atoms with E-state index < -0.39 is 5.82 Å². The first-order chi connectivity index (χ1) is 12.5. The van der Waals surface area contributed by atoms with E-state index in [0.29, 0.717) is 12.3 Å². The van der Waals surface area contributed by atoms with E-state index in [-0.39, 0.29) is 22.1 Å². The van der Waals surface area contributed by atoms with E-state index >= 15 is 0 Å². The van der Waals surface area contributed by atoms with Gasteiger partial charge in [-0.3, -0.25) is 4.79 Å². The van der Waals surface area contributed by atoms with Gasteiger partial charge in [0.15, 0.2) is 5.78 Å². The number of benzene rings is 1. The van der Waals surface area contributed by atoms with Crippen LogP contribution in [-0.4, -0.2) is 30.3 Å². The van der Waals surface area contributed by atoms with Crippen LogP contribution in [-0.2, 0) is 0 Å². The van der Waals surface area contributed by atoms with Crippen LogP contribution in [0.15, 0.2) is 12.1 Å². The Kier molecular flexibility index (Phi) is 6.93. The van der Waals surface area contributed by atoms with Gasteiger partial charge >= 0.3 is 0 Å². The number of anilines is 1. The Morgan fingerprint density at radius 1 is 1.12 bits per heavy atom. The van der Waals surface area contributed by atoms with Crippen LogP contribution in [0.5, 0.6) is 0 Å². The number of nitrogens with two attached hydrogens (primary N) is 1. The van der Waals surface area contributed by atoms with Gasteiger partial charge in [0.05, 0.1) is 16.3 Å². The summed E-state index contributed by atoms with van der Waals surface area (Å²) >= 11 is 5.93. The molecule has 0 spiro atoms. The second-order valence-electron chi connectivity index (χ2n) is 8.06. The summed E-state index contributed by atoms with van der Waals surface area (Å²) < 4.78 is 14.0. The van der Waals surface area contributed by atoms with Crippen molar-refractivity contribution in [1.82, 2.24) is 4.90 Å². The molecule has 5 heteroatoms. The second kappa shape index (κ2) is 9.18. The first-order valence-electron chi connectivity index (χ1n) is 10.0. The zero-order chi connectivity index (χ0) is 18.5. The summed E-state index contributed by atoms with van der Waals surface area (Å²) in [6.45, 7) is 3.52. The lowest BCUT2D eigenvalue weighted by Gasteiger charge is -2.35. The molecule has 0 aromatic heterocycles. The lowest BCUT2D eigenvalue weighted by molar-refractivity contribution is 0.0953. The third kappa shape index (κ3) is 5.20. The van der Waals surface area contributed by atoms with Crippen molar-refractivity contribution in [3.05, 3.63) is 28.5 Å². The maximum atomic E-state index is 14.0. The Bertz CT molecular complexity index is 623.